The van der Waals surface area contributed by atoms with Crippen LogP contribution in [0.3, 0.4) is 0 Å². The molecule has 2 rings (SSSR count). The lowest BCUT2D eigenvalue weighted by Gasteiger charge is -2.23. The summed E-state index contributed by atoms with van der Waals surface area (Å²) in [5.74, 6) is -0.266. The summed E-state index contributed by atoms with van der Waals surface area (Å²) in [7, 11) is 1.73. The summed E-state index contributed by atoms with van der Waals surface area (Å²) in [5, 5.41) is 0. The molecule has 1 aromatic rings. The molecular weight excluding hydrogens is 240 g/mol. The van der Waals surface area contributed by atoms with Gasteiger partial charge in [0.2, 0.25) is 0 Å². The Labute approximate surface area is 113 Å². The van der Waals surface area contributed by atoms with Gasteiger partial charge in [-0.1, -0.05) is 36.4 Å². The molecule has 1 aromatic carbocycles. The Kier molecular flexibility index (Phi) is 3.69. The van der Waals surface area contributed by atoms with Gasteiger partial charge in [-0.3, -0.25) is 9.69 Å². The zero-order chi connectivity index (χ0) is 14.0. The fraction of sp³-hybridized carbons (Fsp3) is 0.333. The Morgan fingerprint density at radius 3 is 2.47 bits per heavy atom. The van der Waals surface area contributed by atoms with E-state index in [1.165, 1.54) is 11.0 Å². The van der Waals surface area contributed by atoms with Crippen molar-refractivity contribution in [2.75, 3.05) is 7.05 Å². The largest absolute Gasteiger partial charge is 0.327 e. The van der Waals surface area contributed by atoms with Crippen molar-refractivity contribution < 1.29 is 9.59 Å². The number of urea groups is 1. The lowest BCUT2D eigenvalue weighted by molar-refractivity contribution is -0.124. The van der Waals surface area contributed by atoms with Crippen LogP contribution in [0.25, 0.3) is 0 Å². The first-order chi connectivity index (χ1) is 9.07. The van der Waals surface area contributed by atoms with Gasteiger partial charge in [0.1, 0.15) is 0 Å². The van der Waals surface area contributed by atoms with Gasteiger partial charge in [0, 0.05) is 7.05 Å². The minimum atomic E-state index is -0.266. The minimum absolute atomic E-state index is 0.0379. The van der Waals surface area contributed by atoms with Crippen molar-refractivity contribution in [2.24, 2.45) is 0 Å². The van der Waals surface area contributed by atoms with Crippen molar-refractivity contribution in [3.05, 3.63) is 48.0 Å². The summed E-state index contributed by atoms with van der Waals surface area (Å²) >= 11 is 0. The monoisotopic (exact) mass is 258 g/mol. The molecular formula is C15H18N2O2. The minimum Gasteiger partial charge on any atom is -0.322 e. The van der Waals surface area contributed by atoms with E-state index in [9.17, 15) is 9.59 Å². The van der Waals surface area contributed by atoms with E-state index in [-0.39, 0.29) is 24.0 Å². The predicted octanol–water partition coefficient (Wildman–Crippen LogP) is 2.59. The highest BCUT2D eigenvalue weighted by Crippen LogP contribution is 2.34. The van der Waals surface area contributed by atoms with E-state index in [4.69, 9.17) is 0 Å². The third kappa shape index (κ3) is 2.26. The van der Waals surface area contributed by atoms with Crippen LogP contribution < -0.4 is 0 Å². The van der Waals surface area contributed by atoms with Gasteiger partial charge in [0.05, 0.1) is 12.1 Å². The number of nitrogens with zero attached hydrogens (tertiary/aromatic N) is 2. The van der Waals surface area contributed by atoms with Crippen molar-refractivity contribution in [1.82, 2.24) is 9.80 Å². The third-order valence-corrected chi connectivity index (χ3v) is 3.54. The SMILES string of the molecule is C/C=C/C(=O)N1C(=O)N(C)[C@H](C)[C@H]1c1ccccc1. The molecule has 1 saturated heterocycles. The second-order valence-electron chi connectivity index (χ2n) is 4.70. The lowest BCUT2D eigenvalue weighted by atomic mass is 10.0. The van der Waals surface area contributed by atoms with Crippen LogP contribution >= 0.6 is 0 Å². The second kappa shape index (κ2) is 5.26. The molecule has 1 aliphatic rings. The van der Waals surface area contributed by atoms with Crippen LogP contribution in [-0.4, -0.2) is 34.8 Å². The molecule has 1 heterocycles. The number of likely N-dealkylation sites (N-methyl/N-ethyl adjacent to an activating group) is 1. The molecule has 0 unspecified atom stereocenters. The molecule has 0 radical (unpaired) electrons. The van der Waals surface area contributed by atoms with Crippen LogP contribution in [0.5, 0.6) is 0 Å². The predicted molar refractivity (Wildman–Crippen MR) is 73.5 cm³/mol. The van der Waals surface area contributed by atoms with E-state index in [2.05, 4.69) is 0 Å². The molecule has 0 N–H and O–H groups in total. The van der Waals surface area contributed by atoms with Crippen LogP contribution in [0.4, 0.5) is 4.79 Å². The molecule has 1 aliphatic heterocycles. The molecule has 19 heavy (non-hydrogen) atoms. The molecule has 4 nitrogen and oxygen atoms in total. The Morgan fingerprint density at radius 2 is 1.89 bits per heavy atom. The number of carbonyl (C=O) groups is 2. The molecule has 0 spiro atoms. The number of imide groups is 1. The Balaban J connectivity index is 2.43. The third-order valence-electron chi connectivity index (χ3n) is 3.54. The van der Waals surface area contributed by atoms with Crippen LogP contribution in [0.15, 0.2) is 42.5 Å². The van der Waals surface area contributed by atoms with Gasteiger partial charge in [-0.25, -0.2) is 4.79 Å². The number of hydrogen-bond acceptors (Lipinski definition) is 2. The highest BCUT2D eigenvalue weighted by atomic mass is 16.2. The average molecular weight is 258 g/mol. The van der Waals surface area contributed by atoms with Gasteiger partial charge < -0.3 is 4.90 Å². The van der Waals surface area contributed by atoms with Crippen molar-refractivity contribution in [3.63, 3.8) is 0 Å². The Hall–Kier alpha value is -2.10. The first-order valence-corrected chi connectivity index (χ1v) is 6.35. The van der Waals surface area contributed by atoms with Crippen LogP contribution in [0.2, 0.25) is 0 Å². The fourth-order valence-electron chi connectivity index (χ4n) is 2.42. The maximum Gasteiger partial charge on any atom is 0.327 e. The number of amides is 3. The van der Waals surface area contributed by atoms with Crippen molar-refractivity contribution in [1.29, 1.82) is 0 Å². The Morgan fingerprint density at radius 1 is 1.26 bits per heavy atom. The summed E-state index contributed by atoms with van der Waals surface area (Å²) in [4.78, 5) is 27.3. The van der Waals surface area contributed by atoms with Gasteiger partial charge >= 0.3 is 6.03 Å². The normalized spacial score (nSPS) is 23.4. The molecule has 1 fully saturated rings. The van der Waals surface area contributed by atoms with Crippen LogP contribution in [0.1, 0.15) is 25.5 Å². The first-order valence-electron chi connectivity index (χ1n) is 6.35. The van der Waals surface area contributed by atoms with Gasteiger partial charge in [0.15, 0.2) is 0 Å². The molecule has 0 aromatic heterocycles. The Bertz CT molecular complexity index is 510. The second-order valence-corrected chi connectivity index (χ2v) is 4.70. The molecule has 3 amide bonds. The highest BCUT2D eigenvalue weighted by Gasteiger charge is 2.44. The van der Waals surface area contributed by atoms with Crippen LogP contribution in [0, 0.1) is 0 Å². The zero-order valence-electron chi connectivity index (χ0n) is 11.4. The summed E-state index contributed by atoms with van der Waals surface area (Å²) < 4.78 is 0. The van der Waals surface area contributed by atoms with Crippen molar-refractivity contribution >= 4 is 11.9 Å². The standard InChI is InChI=1S/C15H18N2O2/c1-4-8-13(18)17-14(11(2)16(3)15(17)19)12-9-6-5-7-10-12/h4-11,14H,1-3H3/b8-4+/t11-,14+/m1/s1. The number of benzene rings is 1. The number of allylic oxidation sites excluding steroid dienone is 1. The quantitative estimate of drug-likeness (QED) is 0.765. The number of carbonyl (C=O) groups excluding carboxylic acids is 2. The van der Waals surface area contributed by atoms with E-state index < -0.39 is 0 Å². The molecule has 4 heteroatoms. The molecule has 100 valence electrons. The summed E-state index contributed by atoms with van der Waals surface area (Å²) in [6, 6.07) is 9.14. The van der Waals surface area contributed by atoms with Crippen molar-refractivity contribution in [3.8, 4) is 0 Å². The van der Waals surface area contributed by atoms with E-state index in [1.54, 1.807) is 24.9 Å². The van der Waals surface area contributed by atoms with E-state index >= 15 is 0 Å². The summed E-state index contributed by atoms with van der Waals surface area (Å²) in [6.07, 6.45) is 3.08. The topological polar surface area (TPSA) is 40.6 Å². The summed E-state index contributed by atoms with van der Waals surface area (Å²) in [5.41, 5.74) is 0.977. The van der Waals surface area contributed by atoms with E-state index in [0.29, 0.717) is 0 Å². The molecule has 0 aliphatic carbocycles. The number of hydrogen-bond donors (Lipinski definition) is 0. The lowest BCUT2D eigenvalue weighted by Crippen LogP contribution is -2.35. The van der Waals surface area contributed by atoms with E-state index in [0.717, 1.165) is 5.56 Å². The average Bonchev–Trinajstić information content (AvgIpc) is 2.64. The van der Waals surface area contributed by atoms with Gasteiger partial charge in [-0.15, -0.1) is 0 Å². The first kappa shape index (κ1) is 13.3. The maximum absolute atomic E-state index is 12.2. The van der Waals surface area contributed by atoms with Gasteiger partial charge in [-0.05, 0) is 25.5 Å². The maximum atomic E-state index is 12.2. The van der Waals surface area contributed by atoms with Gasteiger partial charge in [-0.2, -0.15) is 0 Å². The van der Waals surface area contributed by atoms with Crippen LogP contribution in [-0.2, 0) is 4.79 Å². The smallest absolute Gasteiger partial charge is 0.322 e. The number of rotatable bonds is 2. The van der Waals surface area contributed by atoms with Crippen molar-refractivity contribution in [2.45, 2.75) is 25.9 Å². The van der Waals surface area contributed by atoms with E-state index in [1.807, 2.05) is 37.3 Å². The van der Waals surface area contributed by atoms with Gasteiger partial charge in [0.25, 0.3) is 5.91 Å². The fourth-order valence-corrected chi connectivity index (χ4v) is 2.42. The molecule has 2 atom stereocenters. The zero-order valence-corrected chi connectivity index (χ0v) is 11.4. The molecule has 0 bridgehead atoms. The highest BCUT2D eigenvalue weighted by molar-refractivity contribution is 6.02. The summed E-state index contributed by atoms with van der Waals surface area (Å²) in [6.45, 7) is 3.72. The molecule has 0 saturated carbocycles.